The van der Waals surface area contributed by atoms with Gasteiger partial charge in [-0.1, -0.05) is 0 Å². The van der Waals surface area contributed by atoms with E-state index < -0.39 is 16.0 Å². The first-order chi connectivity index (χ1) is 12.9. The van der Waals surface area contributed by atoms with E-state index in [2.05, 4.69) is 14.4 Å². The van der Waals surface area contributed by atoms with E-state index in [0.29, 0.717) is 11.3 Å². The van der Waals surface area contributed by atoms with Gasteiger partial charge in [0.25, 0.3) is 10.0 Å². The average molecular weight is 390 g/mol. The van der Waals surface area contributed by atoms with Crippen molar-refractivity contribution in [1.82, 2.24) is 0 Å². The van der Waals surface area contributed by atoms with Crippen LogP contribution in [0.5, 0.6) is 0 Å². The lowest BCUT2D eigenvalue weighted by Crippen LogP contribution is -2.22. The van der Waals surface area contributed by atoms with Gasteiger partial charge in [-0.05, 0) is 55.0 Å². The minimum atomic E-state index is -3.74. The molecule has 1 atom stereocenters. The third-order valence-electron chi connectivity index (χ3n) is 4.55. The molecule has 1 aliphatic rings. The number of sulfonamides is 1. The van der Waals surface area contributed by atoms with E-state index in [1.807, 2.05) is 12.1 Å². The third kappa shape index (κ3) is 4.40. The van der Waals surface area contributed by atoms with E-state index >= 15 is 0 Å². The number of hydrogen-bond acceptors (Lipinski definition) is 6. The molecule has 1 saturated heterocycles. The van der Waals surface area contributed by atoms with Gasteiger partial charge in [0, 0.05) is 31.6 Å². The van der Waals surface area contributed by atoms with Gasteiger partial charge in [0.05, 0.1) is 23.7 Å². The number of carbonyl (C=O) groups excluding carboxylic acids is 1. The van der Waals surface area contributed by atoms with E-state index in [0.717, 1.165) is 25.2 Å². The summed E-state index contributed by atoms with van der Waals surface area (Å²) < 4.78 is 37.6. The number of nitrogens with zero attached hydrogens (tertiary/aromatic N) is 1. The maximum absolute atomic E-state index is 12.5. The summed E-state index contributed by atoms with van der Waals surface area (Å²) in [7, 11) is -0.757. The standard InChI is InChI=1S/C19H22N2O5S/c1-25-17-11-12-21(13-17)16-7-5-15(6-8-16)20-27(23,24)18-9-3-14(4-10-18)19(22)26-2/h3-10,17,20H,11-13H2,1-2H3. The number of nitrogens with one attached hydrogen (secondary N) is 1. The van der Waals surface area contributed by atoms with Crippen LogP contribution >= 0.6 is 0 Å². The van der Waals surface area contributed by atoms with Crippen LogP contribution in [-0.4, -0.2) is 47.8 Å². The lowest BCUT2D eigenvalue weighted by atomic mass is 10.2. The number of ether oxygens (including phenoxy) is 2. The molecule has 2 aromatic carbocycles. The second-order valence-electron chi connectivity index (χ2n) is 6.26. The van der Waals surface area contributed by atoms with Crippen LogP contribution in [-0.2, 0) is 19.5 Å². The molecule has 1 unspecified atom stereocenters. The van der Waals surface area contributed by atoms with Gasteiger partial charge in [0.15, 0.2) is 0 Å². The summed E-state index contributed by atoms with van der Waals surface area (Å²) in [4.78, 5) is 13.7. The molecule has 144 valence electrons. The third-order valence-corrected chi connectivity index (χ3v) is 5.95. The van der Waals surface area contributed by atoms with Crippen molar-refractivity contribution in [2.75, 3.05) is 36.9 Å². The highest BCUT2D eigenvalue weighted by molar-refractivity contribution is 7.92. The van der Waals surface area contributed by atoms with Gasteiger partial charge in [-0.15, -0.1) is 0 Å². The Morgan fingerprint density at radius 3 is 2.30 bits per heavy atom. The SMILES string of the molecule is COC(=O)c1ccc(S(=O)(=O)Nc2ccc(N3CCC(OC)C3)cc2)cc1. The van der Waals surface area contributed by atoms with Gasteiger partial charge in [-0.2, -0.15) is 0 Å². The summed E-state index contributed by atoms with van der Waals surface area (Å²) in [5.74, 6) is -0.514. The number of carbonyl (C=O) groups is 1. The molecule has 0 aliphatic carbocycles. The minimum Gasteiger partial charge on any atom is -0.465 e. The number of esters is 1. The van der Waals surface area contributed by atoms with Crippen molar-refractivity contribution in [3.8, 4) is 0 Å². The molecule has 0 spiro atoms. The van der Waals surface area contributed by atoms with Crippen LogP contribution in [0.4, 0.5) is 11.4 Å². The molecule has 7 nitrogen and oxygen atoms in total. The Morgan fingerprint density at radius 2 is 1.74 bits per heavy atom. The molecule has 0 amide bonds. The minimum absolute atomic E-state index is 0.0710. The fourth-order valence-corrected chi connectivity index (χ4v) is 4.06. The lowest BCUT2D eigenvalue weighted by molar-refractivity contribution is 0.0600. The molecule has 0 aromatic heterocycles. The van der Waals surface area contributed by atoms with Gasteiger partial charge >= 0.3 is 5.97 Å². The average Bonchev–Trinajstić information content (AvgIpc) is 3.17. The van der Waals surface area contributed by atoms with Gasteiger partial charge in [-0.3, -0.25) is 4.72 Å². The van der Waals surface area contributed by atoms with E-state index in [1.54, 1.807) is 19.2 Å². The molecule has 1 N–H and O–H groups in total. The number of anilines is 2. The number of rotatable bonds is 6. The van der Waals surface area contributed by atoms with E-state index in [1.165, 1.54) is 31.4 Å². The second kappa shape index (κ2) is 7.98. The van der Waals surface area contributed by atoms with Crippen molar-refractivity contribution in [3.63, 3.8) is 0 Å². The Hall–Kier alpha value is -2.58. The van der Waals surface area contributed by atoms with Crippen LogP contribution in [0.25, 0.3) is 0 Å². The molecular formula is C19H22N2O5S. The van der Waals surface area contributed by atoms with Crippen LogP contribution in [0.1, 0.15) is 16.8 Å². The molecule has 3 rings (SSSR count). The number of hydrogen-bond donors (Lipinski definition) is 1. The topological polar surface area (TPSA) is 84.9 Å². The predicted octanol–water partition coefficient (Wildman–Crippen LogP) is 2.50. The fraction of sp³-hybridized carbons (Fsp3) is 0.316. The fourth-order valence-electron chi connectivity index (χ4n) is 3.00. The first-order valence-electron chi connectivity index (χ1n) is 8.52. The largest absolute Gasteiger partial charge is 0.465 e. The zero-order valence-electron chi connectivity index (χ0n) is 15.2. The molecule has 0 saturated carbocycles. The zero-order chi connectivity index (χ0) is 19.4. The van der Waals surface area contributed by atoms with E-state index in [9.17, 15) is 13.2 Å². The van der Waals surface area contributed by atoms with Gasteiger partial charge in [0.2, 0.25) is 0 Å². The van der Waals surface area contributed by atoms with Crippen molar-refractivity contribution in [1.29, 1.82) is 0 Å². The summed E-state index contributed by atoms with van der Waals surface area (Å²) in [6, 6.07) is 12.8. The summed E-state index contributed by atoms with van der Waals surface area (Å²) in [6.07, 6.45) is 1.21. The van der Waals surface area contributed by atoms with Gasteiger partial charge in [0.1, 0.15) is 0 Å². The molecule has 0 radical (unpaired) electrons. The zero-order valence-corrected chi connectivity index (χ0v) is 16.0. The number of benzene rings is 2. The van der Waals surface area contributed by atoms with E-state index in [4.69, 9.17) is 4.74 Å². The predicted molar refractivity (Wildman–Crippen MR) is 103 cm³/mol. The van der Waals surface area contributed by atoms with Crippen molar-refractivity contribution >= 4 is 27.4 Å². The lowest BCUT2D eigenvalue weighted by Gasteiger charge is -2.19. The normalized spacial score (nSPS) is 17.0. The molecular weight excluding hydrogens is 368 g/mol. The maximum atomic E-state index is 12.5. The maximum Gasteiger partial charge on any atom is 0.337 e. The van der Waals surface area contributed by atoms with Crippen molar-refractivity contribution in [3.05, 3.63) is 54.1 Å². The monoisotopic (exact) mass is 390 g/mol. The highest BCUT2D eigenvalue weighted by Gasteiger charge is 2.22. The number of methoxy groups -OCH3 is 2. The van der Waals surface area contributed by atoms with Crippen molar-refractivity contribution in [2.24, 2.45) is 0 Å². The summed E-state index contributed by atoms with van der Waals surface area (Å²) in [5.41, 5.74) is 1.79. The van der Waals surface area contributed by atoms with E-state index in [-0.39, 0.29) is 11.0 Å². The summed E-state index contributed by atoms with van der Waals surface area (Å²) in [6.45, 7) is 1.74. The van der Waals surface area contributed by atoms with Crippen LogP contribution in [0.2, 0.25) is 0 Å². The Kier molecular flexibility index (Phi) is 5.67. The Labute approximate surface area is 158 Å². The summed E-state index contributed by atoms with van der Waals surface area (Å²) in [5, 5.41) is 0. The smallest absolute Gasteiger partial charge is 0.337 e. The molecule has 27 heavy (non-hydrogen) atoms. The quantitative estimate of drug-likeness (QED) is 0.763. The molecule has 2 aromatic rings. The van der Waals surface area contributed by atoms with Crippen molar-refractivity contribution in [2.45, 2.75) is 17.4 Å². The molecule has 8 heteroatoms. The van der Waals surface area contributed by atoms with Crippen LogP contribution in [0, 0.1) is 0 Å². The molecule has 1 heterocycles. The van der Waals surface area contributed by atoms with Gasteiger partial charge < -0.3 is 14.4 Å². The van der Waals surface area contributed by atoms with Crippen molar-refractivity contribution < 1.29 is 22.7 Å². The van der Waals surface area contributed by atoms with Crippen LogP contribution < -0.4 is 9.62 Å². The first kappa shape index (κ1) is 19.2. The Bertz CT molecular complexity index is 895. The molecule has 0 bridgehead atoms. The molecule has 1 aliphatic heterocycles. The Morgan fingerprint density at radius 1 is 1.07 bits per heavy atom. The second-order valence-corrected chi connectivity index (χ2v) is 7.94. The summed E-state index contributed by atoms with van der Waals surface area (Å²) >= 11 is 0. The van der Waals surface area contributed by atoms with Gasteiger partial charge in [-0.25, -0.2) is 13.2 Å². The van der Waals surface area contributed by atoms with Crippen LogP contribution in [0.15, 0.2) is 53.4 Å². The molecule has 1 fully saturated rings. The first-order valence-corrected chi connectivity index (χ1v) is 10.0. The van der Waals surface area contributed by atoms with Crippen LogP contribution in [0.3, 0.4) is 0 Å². The Balaban J connectivity index is 1.69. The highest BCUT2D eigenvalue weighted by Crippen LogP contribution is 2.24. The highest BCUT2D eigenvalue weighted by atomic mass is 32.2.